The number of carbonyl (C=O) groups is 1. The summed E-state index contributed by atoms with van der Waals surface area (Å²) in [7, 11) is 1.63. The van der Waals surface area contributed by atoms with E-state index in [4.69, 9.17) is 5.73 Å². The molecule has 80 valence electrons. The second-order valence-electron chi connectivity index (χ2n) is 3.28. The fourth-order valence-corrected chi connectivity index (χ4v) is 2.56. The van der Waals surface area contributed by atoms with Crippen molar-refractivity contribution in [2.24, 2.45) is 0 Å². The second kappa shape index (κ2) is 4.02. The van der Waals surface area contributed by atoms with Gasteiger partial charge in [-0.25, -0.2) is 4.79 Å². The van der Waals surface area contributed by atoms with Crippen LogP contribution in [0.4, 0.5) is 16.2 Å². The number of fused-ring (bicyclic) bond motifs is 1. The van der Waals surface area contributed by atoms with Crippen molar-refractivity contribution < 1.29 is 4.79 Å². The summed E-state index contributed by atoms with van der Waals surface area (Å²) in [4.78, 5) is 14.4. The third-order valence-corrected chi connectivity index (χ3v) is 3.35. The summed E-state index contributed by atoms with van der Waals surface area (Å²) in [6.07, 6.45) is 0. The van der Waals surface area contributed by atoms with Gasteiger partial charge in [-0.3, -0.25) is 4.90 Å². The quantitative estimate of drug-likeness (QED) is 0.656. The van der Waals surface area contributed by atoms with Crippen LogP contribution in [-0.2, 0) is 0 Å². The fourth-order valence-electron chi connectivity index (χ4n) is 1.58. The average Bonchev–Trinajstić information content (AvgIpc) is 2.27. The van der Waals surface area contributed by atoms with Gasteiger partial charge in [0.1, 0.15) is 0 Å². The number of amides is 2. The van der Waals surface area contributed by atoms with Crippen LogP contribution in [-0.4, -0.2) is 25.4 Å². The molecule has 0 unspecified atom stereocenters. The number of hydrogen-bond donors (Lipinski definition) is 2. The third kappa shape index (κ3) is 1.87. The van der Waals surface area contributed by atoms with E-state index in [1.165, 1.54) is 0 Å². The van der Waals surface area contributed by atoms with Crippen LogP contribution in [0, 0.1) is 0 Å². The lowest BCUT2D eigenvalue weighted by Crippen LogP contribution is -2.41. The Bertz CT molecular complexity index is 394. The van der Waals surface area contributed by atoms with E-state index in [0.29, 0.717) is 5.69 Å². The van der Waals surface area contributed by atoms with Crippen molar-refractivity contribution >= 4 is 29.2 Å². The summed E-state index contributed by atoms with van der Waals surface area (Å²) in [5, 5.41) is 2.63. The van der Waals surface area contributed by atoms with Crippen molar-refractivity contribution in [3.63, 3.8) is 0 Å². The zero-order valence-corrected chi connectivity index (χ0v) is 9.30. The van der Waals surface area contributed by atoms with Gasteiger partial charge in [0.2, 0.25) is 0 Å². The summed E-state index contributed by atoms with van der Waals surface area (Å²) >= 11 is 1.75. The van der Waals surface area contributed by atoms with E-state index in [1.807, 2.05) is 18.2 Å². The van der Waals surface area contributed by atoms with Gasteiger partial charge in [-0.2, -0.15) is 0 Å². The van der Waals surface area contributed by atoms with Gasteiger partial charge in [0.15, 0.2) is 0 Å². The second-order valence-corrected chi connectivity index (χ2v) is 4.42. The molecule has 4 nitrogen and oxygen atoms in total. The maximum absolute atomic E-state index is 11.6. The molecule has 2 amide bonds. The lowest BCUT2D eigenvalue weighted by molar-refractivity contribution is 0.248. The number of thioether (sulfide) groups is 1. The van der Waals surface area contributed by atoms with Crippen molar-refractivity contribution in [2.45, 2.75) is 4.90 Å². The Balaban J connectivity index is 2.40. The first kappa shape index (κ1) is 10.2. The molecule has 1 aromatic rings. The molecular formula is C10H13N3OS. The Morgan fingerprint density at radius 2 is 2.40 bits per heavy atom. The van der Waals surface area contributed by atoms with Gasteiger partial charge >= 0.3 is 6.03 Å². The number of carbonyl (C=O) groups excluding carboxylic acids is 1. The Labute approximate surface area is 92.8 Å². The standard InChI is InChI=1S/C10H13N3OS/c1-12-10(14)13-4-5-15-9-3-2-7(11)6-8(9)13/h2-3,6H,4-5,11H2,1H3,(H,12,14). The first-order valence-corrected chi connectivity index (χ1v) is 5.72. The molecule has 0 atom stereocenters. The highest BCUT2D eigenvalue weighted by Gasteiger charge is 2.21. The van der Waals surface area contributed by atoms with Crippen LogP contribution < -0.4 is 16.0 Å². The molecule has 3 N–H and O–H groups in total. The maximum atomic E-state index is 11.6. The Kier molecular flexibility index (Phi) is 2.73. The van der Waals surface area contributed by atoms with Gasteiger partial charge < -0.3 is 11.1 Å². The van der Waals surface area contributed by atoms with Crippen LogP contribution in [0.1, 0.15) is 0 Å². The van der Waals surface area contributed by atoms with Gasteiger partial charge in [-0.05, 0) is 18.2 Å². The van der Waals surface area contributed by atoms with Gasteiger partial charge in [-0.1, -0.05) is 0 Å². The smallest absolute Gasteiger partial charge is 0.321 e. The molecule has 0 saturated carbocycles. The largest absolute Gasteiger partial charge is 0.399 e. The molecule has 0 spiro atoms. The Hall–Kier alpha value is -1.36. The molecule has 0 aliphatic carbocycles. The zero-order chi connectivity index (χ0) is 10.8. The van der Waals surface area contributed by atoms with Crippen LogP contribution in [0.2, 0.25) is 0 Å². The van der Waals surface area contributed by atoms with E-state index in [9.17, 15) is 4.79 Å². The number of nitrogens with two attached hydrogens (primary N) is 1. The summed E-state index contributed by atoms with van der Waals surface area (Å²) in [5.41, 5.74) is 7.31. The van der Waals surface area contributed by atoms with Gasteiger partial charge in [0.05, 0.1) is 5.69 Å². The van der Waals surface area contributed by atoms with Crippen molar-refractivity contribution in [1.82, 2.24) is 5.32 Å². The normalized spacial score (nSPS) is 14.6. The molecule has 1 heterocycles. The van der Waals surface area contributed by atoms with Gasteiger partial charge in [0, 0.05) is 29.9 Å². The van der Waals surface area contributed by atoms with Crippen molar-refractivity contribution in [2.75, 3.05) is 30.0 Å². The van der Waals surface area contributed by atoms with Crippen LogP contribution in [0.25, 0.3) is 0 Å². The Morgan fingerprint density at radius 1 is 1.60 bits per heavy atom. The molecule has 2 rings (SSSR count). The molecule has 0 radical (unpaired) electrons. The van der Waals surface area contributed by atoms with Crippen LogP contribution in [0.15, 0.2) is 23.1 Å². The molecule has 15 heavy (non-hydrogen) atoms. The van der Waals surface area contributed by atoms with Crippen LogP contribution in [0.5, 0.6) is 0 Å². The number of rotatable bonds is 0. The van der Waals surface area contributed by atoms with E-state index < -0.39 is 0 Å². The summed E-state index contributed by atoms with van der Waals surface area (Å²) in [5.74, 6) is 0.921. The average molecular weight is 223 g/mol. The summed E-state index contributed by atoms with van der Waals surface area (Å²) < 4.78 is 0. The number of anilines is 2. The van der Waals surface area contributed by atoms with Crippen LogP contribution in [0.3, 0.4) is 0 Å². The van der Waals surface area contributed by atoms with Gasteiger partial charge in [-0.15, -0.1) is 11.8 Å². The highest BCUT2D eigenvalue weighted by molar-refractivity contribution is 7.99. The highest BCUT2D eigenvalue weighted by Crippen LogP contribution is 2.35. The third-order valence-electron chi connectivity index (χ3n) is 2.31. The van der Waals surface area contributed by atoms with Crippen molar-refractivity contribution in [1.29, 1.82) is 0 Å². The monoisotopic (exact) mass is 223 g/mol. The topological polar surface area (TPSA) is 58.4 Å². The lowest BCUT2D eigenvalue weighted by atomic mass is 10.2. The maximum Gasteiger partial charge on any atom is 0.321 e. The molecule has 1 aliphatic rings. The lowest BCUT2D eigenvalue weighted by Gasteiger charge is -2.28. The fraction of sp³-hybridized carbons (Fsp3) is 0.300. The number of nitrogen functional groups attached to an aromatic ring is 1. The van der Waals surface area contributed by atoms with Crippen molar-refractivity contribution in [3.8, 4) is 0 Å². The number of nitrogens with one attached hydrogen (secondary N) is 1. The molecule has 0 saturated heterocycles. The molecule has 0 fully saturated rings. The molecular weight excluding hydrogens is 210 g/mol. The van der Waals surface area contributed by atoms with E-state index in [1.54, 1.807) is 23.7 Å². The minimum atomic E-state index is -0.0813. The predicted octanol–water partition coefficient (Wildman–Crippen LogP) is 1.52. The van der Waals surface area contributed by atoms with Gasteiger partial charge in [0.25, 0.3) is 0 Å². The number of urea groups is 1. The minimum absolute atomic E-state index is 0.0813. The predicted molar refractivity (Wildman–Crippen MR) is 63.4 cm³/mol. The first-order chi connectivity index (χ1) is 7.22. The number of benzene rings is 1. The zero-order valence-electron chi connectivity index (χ0n) is 8.49. The first-order valence-electron chi connectivity index (χ1n) is 4.74. The summed E-state index contributed by atoms with van der Waals surface area (Å²) in [6.45, 7) is 0.723. The van der Waals surface area contributed by atoms with Crippen molar-refractivity contribution in [3.05, 3.63) is 18.2 Å². The van der Waals surface area contributed by atoms with E-state index in [-0.39, 0.29) is 6.03 Å². The minimum Gasteiger partial charge on any atom is -0.399 e. The van der Waals surface area contributed by atoms with E-state index in [0.717, 1.165) is 22.9 Å². The molecule has 1 aliphatic heterocycles. The molecule has 5 heteroatoms. The number of nitrogens with zero attached hydrogens (tertiary/aromatic N) is 1. The Morgan fingerprint density at radius 3 is 3.13 bits per heavy atom. The molecule has 1 aromatic carbocycles. The van der Waals surface area contributed by atoms with E-state index in [2.05, 4.69) is 5.32 Å². The molecule has 0 bridgehead atoms. The number of hydrogen-bond acceptors (Lipinski definition) is 3. The molecule has 0 aromatic heterocycles. The summed E-state index contributed by atoms with van der Waals surface area (Å²) in [6, 6.07) is 5.59. The van der Waals surface area contributed by atoms with Crippen LogP contribution >= 0.6 is 11.8 Å². The SMILES string of the molecule is CNC(=O)N1CCSc2ccc(N)cc21. The van der Waals surface area contributed by atoms with E-state index >= 15 is 0 Å². The highest BCUT2D eigenvalue weighted by atomic mass is 32.2.